The first-order chi connectivity index (χ1) is 7.36. The smallest absolute Gasteiger partial charge is 0.118 e. The molecule has 78 valence electrons. The molecule has 0 aliphatic heterocycles. The predicted molar refractivity (Wildman–Crippen MR) is 60.7 cm³/mol. The first kappa shape index (κ1) is 11.1. The molecule has 0 radical (unpaired) electrons. The Morgan fingerprint density at radius 2 is 2.13 bits per heavy atom. The van der Waals surface area contributed by atoms with E-state index in [-0.39, 0.29) is 0 Å². The van der Waals surface area contributed by atoms with Crippen molar-refractivity contribution in [3.63, 3.8) is 0 Å². The summed E-state index contributed by atoms with van der Waals surface area (Å²) in [6.45, 7) is 0.503. The minimum atomic E-state index is 0.503. The maximum absolute atomic E-state index is 8.06. The van der Waals surface area contributed by atoms with E-state index in [9.17, 15) is 0 Å². The van der Waals surface area contributed by atoms with Crippen LogP contribution in [0.3, 0.4) is 0 Å². The molecule has 0 heterocycles. The molecule has 0 spiro atoms. The van der Waals surface area contributed by atoms with Crippen molar-refractivity contribution >= 4 is 6.08 Å². The third-order valence-electron chi connectivity index (χ3n) is 1.89. The van der Waals surface area contributed by atoms with Crippen LogP contribution in [-0.4, -0.2) is 13.7 Å². The molecule has 0 aromatic heterocycles. The molecule has 0 saturated heterocycles. The fourth-order valence-corrected chi connectivity index (χ4v) is 1.11. The standard InChI is InChI=1S/C11H13N3O/c1-15-11-7-5-10(6-8-11)4-2-3-9-13-14-12/h2,4-8H,3,9H2,1H3/b4-2+. The fourth-order valence-electron chi connectivity index (χ4n) is 1.11. The van der Waals surface area contributed by atoms with Crippen LogP contribution in [0.4, 0.5) is 0 Å². The third kappa shape index (κ3) is 4.20. The first-order valence-corrected chi connectivity index (χ1v) is 4.68. The molecule has 0 fully saturated rings. The molecule has 1 rings (SSSR count). The lowest BCUT2D eigenvalue weighted by Crippen LogP contribution is -1.81. The summed E-state index contributed by atoms with van der Waals surface area (Å²) >= 11 is 0. The van der Waals surface area contributed by atoms with Crippen LogP contribution in [0, 0.1) is 0 Å². The zero-order chi connectivity index (χ0) is 10.9. The molecule has 0 aliphatic rings. The molecule has 1 aromatic rings. The van der Waals surface area contributed by atoms with Crippen LogP contribution in [0.1, 0.15) is 12.0 Å². The van der Waals surface area contributed by atoms with Gasteiger partial charge < -0.3 is 4.74 Å². The zero-order valence-electron chi connectivity index (χ0n) is 8.63. The average molecular weight is 203 g/mol. The van der Waals surface area contributed by atoms with Gasteiger partial charge in [0.25, 0.3) is 0 Å². The van der Waals surface area contributed by atoms with Crippen molar-refractivity contribution in [1.29, 1.82) is 0 Å². The van der Waals surface area contributed by atoms with Gasteiger partial charge in [0.05, 0.1) is 7.11 Å². The Hall–Kier alpha value is -1.93. The number of benzene rings is 1. The number of ether oxygens (including phenoxy) is 1. The van der Waals surface area contributed by atoms with E-state index in [1.54, 1.807) is 7.11 Å². The number of azide groups is 1. The maximum atomic E-state index is 8.06. The summed E-state index contributed by atoms with van der Waals surface area (Å²) in [6, 6.07) is 7.77. The molecule has 4 nitrogen and oxygen atoms in total. The normalized spacial score (nSPS) is 9.93. The first-order valence-electron chi connectivity index (χ1n) is 4.68. The van der Waals surface area contributed by atoms with Gasteiger partial charge in [0.2, 0.25) is 0 Å². The third-order valence-corrected chi connectivity index (χ3v) is 1.89. The van der Waals surface area contributed by atoms with Crippen LogP contribution in [0.15, 0.2) is 35.5 Å². The molecule has 0 unspecified atom stereocenters. The lowest BCUT2D eigenvalue weighted by atomic mass is 10.2. The van der Waals surface area contributed by atoms with Crippen LogP contribution >= 0.6 is 0 Å². The summed E-state index contributed by atoms with van der Waals surface area (Å²) in [5.41, 5.74) is 9.17. The van der Waals surface area contributed by atoms with E-state index in [4.69, 9.17) is 10.3 Å². The van der Waals surface area contributed by atoms with Gasteiger partial charge in [-0.1, -0.05) is 29.4 Å². The molecule has 4 heteroatoms. The number of hydrogen-bond donors (Lipinski definition) is 0. The molecular formula is C11H13N3O. The Kier molecular flexibility index (Phi) is 4.84. The monoisotopic (exact) mass is 203 g/mol. The summed E-state index contributed by atoms with van der Waals surface area (Å²) in [6.07, 6.45) is 4.74. The summed E-state index contributed by atoms with van der Waals surface area (Å²) < 4.78 is 5.05. The molecule has 0 atom stereocenters. The second-order valence-corrected chi connectivity index (χ2v) is 2.92. The highest BCUT2D eigenvalue weighted by molar-refractivity contribution is 5.50. The SMILES string of the molecule is COc1ccc(/C=C/CCN=[N+]=[N-])cc1. The van der Waals surface area contributed by atoms with Crippen molar-refractivity contribution in [3.8, 4) is 5.75 Å². The quantitative estimate of drug-likeness (QED) is 0.313. The van der Waals surface area contributed by atoms with Gasteiger partial charge in [0, 0.05) is 11.5 Å². The van der Waals surface area contributed by atoms with Gasteiger partial charge in [-0.3, -0.25) is 0 Å². The number of nitrogens with zero attached hydrogens (tertiary/aromatic N) is 3. The summed E-state index contributed by atoms with van der Waals surface area (Å²) in [4.78, 5) is 2.68. The summed E-state index contributed by atoms with van der Waals surface area (Å²) in [7, 11) is 1.64. The van der Waals surface area contributed by atoms with Gasteiger partial charge >= 0.3 is 0 Å². The molecule has 0 aliphatic carbocycles. The molecule has 0 bridgehead atoms. The van der Waals surface area contributed by atoms with Crippen LogP contribution in [0.2, 0.25) is 0 Å². The Labute approximate surface area is 88.8 Å². The van der Waals surface area contributed by atoms with Gasteiger partial charge in [-0.25, -0.2) is 0 Å². The lowest BCUT2D eigenvalue weighted by molar-refractivity contribution is 0.415. The zero-order valence-corrected chi connectivity index (χ0v) is 8.63. The van der Waals surface area contributed by atoms with Crippen LogP contribution in [-0.2, 0) is 0 Å². The van der Waals surface area contributed by atoms with E-state index in [2.05, 4.69) is 10.0 Å². The van der Waals surface area contributed by atoms with Crippen LogP contribution in [0.25, 0.3) is 16.5 Å². The van der Waals surface area contributed by atoms with E-state index in [0.717, 1.165) is 17.7 Å². The second-order valence-electron chi connectivity index (χ2n) is 2.92. The highest BCUT2D eigenvalue weighted by Crippen LogP contribution is 2.12. The van der Waals surface area contributed by atoms with Crippen molar-refractivity contribution in [2.24, 2.45) is 5.11 Å². The van der Waals surface area contributed by atoms with Crippen LogP contribution < -0.4 is 4.74 Å². The minimum absolute atomic E-state index is 0.503. The highest BCUT2D eigenvalue weighted by Gasteiger charge is 1.89. The van der Waals surface area contributed by atoms with Crippen molar-refractivity contribution < 1.29 is 4.74 Å². The van der Waals surface area contributed by atoms with Gasteiger partial charge in [0.15, 0.2) is 0 Å². The Balaban J connectivity index is 2.46. The number of methoxy groups -OCH3 is 1. The predicted octanol–water partition coefficient (Wildman–Crippen LogP) is 3.41. The topological polar surface area (TPSA) is 58.0 Å². The van der Waals surface area contributed by atoms with Crippen molar-refractivity contribution in [1.82, 2.24) is 0 Å². The lowest BCUT2D eigenvalue weighted by Gasteiger charge is -1.98. The molecule has 0 saturated carbocycles. The molecule has 1 aromatic carbocycles. The Morgan fingerprint density at radius 3 is 2.73 bits per heavy atom. The van der Waals surface area contributed by atoms with Gasteiger partial charge in [-0.05, 0) is 29.6 Å². The largest absolute Gasteiger partial charge is 0.497 e. The van der Waals surface area contributed by atoms with E-state index < -0.39 is 0 Å². The van der Waals surface area contributed by atoms with Crippen molar-refractivity contribution in [2.45, 2.75) is 6.42 Å². The van der Waals surface area contributed by atoms with E-state index in [1.165, 1.54) is 0 Å². The molecule has 15 heavy (non-hydrogen) atoms. The van der Waals surface area contributed by atoms with Crippen molar-refractivity contribution in [2.75, 3.05) is 13.7 Å². The van der Waals surface area contributed by atoms with E-state index in [0.29, 0.717) is 6.54 Å². The molecule has 0 N–H and O–H groups in total. The minimum Gasteiger partial charge on any atom is -0.497 e. The number of rotatable bonds is 5. The summed E-state index contributed by atoms with van der Waals surface area (Å²) in [5, 5.41) is 3.44. The van der Waals surface area contributed by atoms with Crippen LogP contribution in [0.5, 0.6) is 5.75 Å². The fraction of sp³-hybridized carbons (Fsp3) is 0.273. The van der Waals surface area contributed by atoms with Gasteiger partial charge in [-0.15, -0.1) is 0 Å². The summed E-state index contributed by atoms with van der Waals surface area (Å²) in [5.74, 6) is 0.848. The highest BCUT2D eigenvalue weighted by atomic mass is 16.5. The second kappa shape index (κ2) is 6.51. The maximum Gasteiger partial charge on any atom is 0.118 e. The van der Waals surface area contributed by atoms with Crippen molar-refractivity contribution in [3.05, 3.63) is 46.3 Å². The van der Waals surface area contributed by atoms with E-state index in [1.807, 2.05) is 36.4 Å². The average Bonchev–Trinajstić information content (AvgIpc) is 2.30. The van der Waals surface area contributed by atoms with Gasteiger partial charge in [0.1, 0.15) is 5.75 Å². The number of hydrogen-bond acceptors (Lipinski definition) is 2. The Morgan fingerprint density at radius 1 is 1.40 bits per heavy atom. The molecule has 0 amide bonds. The van der Waals surface area contributed by atoms with Gasteiger partial charge in [-0.2, -0.15) is 0 Å². The Bertz CT molecular complexity index is 364. The van der Waals surface area contributed by atoms with E-state index >= 15 is 0 Å². The molecular weight excluding hydrogens is 190 g/mol.